The largest absolute Gasteiger partial charge is 0.378 e. The molecule has 0 aliphatic heterocycles. The Morgan fingerprint density at radius 3 is 2.65 bits per heavy atom. The van der Waals surface area contributed by atoms with Gasteiger partial charge in [0.1, 0.15) is 5.82 Å². The van der Waals surface area contributed by atoms with E-state index < -0.39 is 12.0 Å². The normalized spacial score (nSPS) is 12.6. The van der Waals surface area contributed by atoms with E-state index in [1.54, 1.807) is 6.92 Å². The summed E-state index contributed by atoms with van der Waals surface area (Å²) in [6.07, 6.45) is -1.24. The van der Waals surface area contributed by atoms with Crippen molar-refractivity contribution in [2.75, 3.05) is 6.54 Å². The van der Waals surface area contributed by atoms with Gasteiger partial charge in [-0.2, -0.15) is 0 Å². The van der Waals surface area contributed by atoms with E-state index in [-0.39, 0.29) is 5.82 Å². The Kier molecular flexibility index (Phi) is 4.63. The Labute approximate surface area is 101 Å². The van der Waals surface area contributed by atoms with Gasteiger partial charge in [-0.05, 0) is 30.0 Å². The maximum atomic E-state index is 13.0. The number of aliphatic hydroxyl groups excluding tert-OH is 1. The van der Waals surface area contributed by atoms with E-state index in [0.29, 0.717) is 23.6 Å². The average molecular weight is 239 g/mol. The van der Waals surface area contributed by atoms with Crippen molar-refractivity contribution < 1.29 is 14.3 Å². The van der Waals surface area contributed by atoms with Crippen LogP contribution in [0.1, 0.15) is 31.1 Å². The van der Waals surface area contributed by atoms with Crippen LogP contribution in [0.2, 0.25) is 0 Å². The van der Waals surface area contributed by atoms with E-state index in [0.717, 1.165) is 0 Å². The van der Waals surface area contributed by atoms with Crippen LogP contribution in [0.25, 0.3) is 0 Å². The summed E-state index contributed by atoms with van der Waals surface area (Å²) < 4.78 is 13.0. The monoisotopic (exact) mass is 239 g/mol. The van der Waals surface area contributed by atoms with Crippen LogP contribution in [0.3, 0.4) is 0 Å². The summed E-state index contributed by atoms with van der Waals surface area (Å²) in [5, 5.41) is 12.4. The zero-order valence-electron chi connectivity index (χ0n) is 10.3. The lowest BCUT2D eigenvalue weighted by atomic mass is 10.1. The number of aryl methyl sites for hydroxylation is 1. The van der Waals surface area contributed by atoms with Crippen LogP contribution in [0.5, 0.6) is 0 Å². The second-order valence-corrected chi connectivity index (χ2v) is 4.55. The molecule has 1 amide bonds. The molecule has 0 saturated heterocycles. The zero-order chi connectivity index (χ0) is 13.0. The topological polar surface area (TPSA) is 49.3 Å². The molecular weight excluding hydrogens is 221 g/mol. The summed E-state index contributed by atoms with van der Waals surface area (Å²) in [5.41, 5.74) is 0.823. The third-order valence-electron chi connectivity index (χ3n) is 2.43. The van der Waals surface area contributed by atoms with Crippen molar-refractivity contribution in [1.82, 2.24) is 5.32 Å². The van der Waals surface area contributed by atoms with E-state index >= 15 is 0 Å². The number of carbonyl (C=O) groups is 1. The lowest BCUT2D eigenvalue weighted by molar-refractivity contribution is -0.129. The molecule has 94 valence electrons. The highest BCUT2D eigenvalue weighted by molar-refractivity contribution is 5.81. The fraction of sp³-hybridized carbons (Fsp3) is 0.462. The van der Waals surface area contributed by atoms with Gasteiger partial charge in [0, 0.05) is 6.54 Å². The summed E-state index contributed by atoms with van der Waals surface area (Å²) in [7, 11) is 0. The molecule has 0 bridgehead atoms. The summed E-state index contributed by atoms with van der Waals surface area (Å²) in [6, 6.07) is 4.15. The number of rotatable bonds is 4. The van der Waals surface area contributed by atoms with Crippen molar-refractivity contribution in [1.29, 1.82) is 0 Å². The molecule has 17 heavy (non-hydrogen) atoms. The minimum atomic E-state index is -1.24. The van der Waals surface area contributed by atoms with Crippen LogP contribution < -0.4 is 5.32 Å². The smallest absolute Gasteiger partial charge is 0.253 e. The lowest BCUT2D eigenvalue weighted by Gasteiger charge is -2.13. The van der Waals surface area contributed by atoms with Crippen molar-refractivity contribution in [3.63, 3.8) is 0 Å². The van der Waals surface area contributed by atoms with Crippen LogP contribution >= 0.6 is 0 Å². The number of benzene rings is 1. The van der Waals surface area contributed by atoms with Crippen LogP contribution in [0.15, 0.2) is 18.2 Å². The molecule has 1 unspecified atom stereocenters. The van der Waals surface area contributed by atoms with Gasteiger partial charge < -0.3 is 10.4 Å². The zero-order valence-corrected chi connectivity index (χ0v) is 10.3. The number of amides is 1. The molecule has 4 heteroatoms. The molecule has 0 aliphatic carbocycles. The van der Waals surface area contributed by atoms with Crippen LogP contribution in [-0.2, 0) is 4.79 Å². The number of carbonyl (C=O) groups excluding carboxylic acids is 1. The third-order valence-corrected chi connectivity index (χ3v) is 2.43. The molecule has 1 aromatic rings. The molecule has 3 nitrogen and oxygen atoms in total. The van der Waals surface area contributed by atoms with E-state index in [1.807, 2.05) is 13.8 Å². The van der Waals surface area contributed by atoms with Gasteiger partial charge in [-0.15, -0.1) is 0 Å². The van der Waals surface area contributed by atoms with Crippen molar-refractivity contribution in [2.24, 2.45) is 5.92 Å². The minimum absolute atomic E-state index is 0.320. The highest BCUT2D eigenvalue weighted by atomic mass is 19.1. The van der Waals surface area contributed by atoms with Gasteiger partial charge in [0.15, 0.2) is 6.10 Å². The molecule has 1 rings (SSSR count). The van der Waals surface area contributed by atoms with Gasteiger partial charge in [-0.25, -0.2) is 4.39 Å². The van der Waals surface area contributed by atoms with Gasteiger partial charge in [-0.1, -0.05) is 26.0 Å². The quantitative estimate of drug-likeness (QED) is 0.843. The summed E-state index contributed by atoms with van der Waals surface area (Å²) >= 11 is 0. The fourth-order valence-electron chi connectivity index (χ4n) is 1.39. The Bertz CT molecular complexity index is 404. The fourth-order valence-corrected chi connectivity index (χ4v) is 1.39. The highest BCUT2D eigenvalue weighted by Crippen LogP contribution is 2.16. The van der Waals surface area contributed by atoms with Gasteiger partial charge in [-0.3, -0.25) is 4.79 Å². The second kappa shape index (κ2) is 5.77. The number of aliphatic hydroxyl groups is 1. The standard InChI is InChI=1S/C13H18FNO2/c1-8(2)7-15-13(17)12(16)10-4-5-11(14)9(3)6-10/h4-6,8,12,16H,7H2,1-3H3,(H,15,17). The molecule has 0 saturated carbocycles. The Morgan fingerprint density at radius 1 is 1.47 bits per heavy atom. The van der Waals surface area contributed by atoms with Crippen molar-refractivity contribution >= 4 is 5.91 Å². The van der Waals surface area contributed by atoms with Crippen LogP contribution in [0, 0.1) is 18.7 Å². The lowest BCUT2D eigenvalue weighted by Crippen LogP contribution is -2.32. The van der Waals surface area contributed by atoms with Gasteiger partial charge in [0.25, 0.3) is 5.91 Å². The molecule has 0 heterocycles. The SMILES string of the molecule is Cc1cc(C(O)C(=O)NCC(C)C)ccc1F. The average Bonchev–Trinajstić information content (AvgIpc) is 2.28. The molecule has 0 spiro atoms. The number of halogens is 1. The van der Waals surface area contributed by atoms with Gasteiger partial charge in [0.2, 0.25) is 0 Å². The maximum absolute atomic E-state index is 13.0. The molecule has 1 aromatic carbocycles. The molecule has 0 aromatic heterocycles. The molecule has 0 radical (unpaired) electrons. The van der Waals surface area contributed by atoms with E-state index in [1.165, 1.54) is 18.2 Å². The van der Waals surface area contributed by atoms with Crippen molar-refractivity contribution in [2.45, 2.75) is 26.9 Å². The Hall–Kier alpha value is -1.42. The molecule has 0 aliphatic rings. The number of nitrogens with one attached hydrogen (secondary N) is 1. The van der Waals surface area contributed by atoms with Gasteiger partial charge in [0.05, 0.1) is 0 Å². The first-order valence-electron chi connectivity index (χ1n) is 5.63. The minimum Gasteiger partial charge on any atom is -0.378 e. The summed E-state index contributed by atoms with van der Waals surface area (Å²) in [6.45, 7) is 6.04. The molecular formula is C13H18FNO2. The molecule has 0 fully saturated rings. The van der Waals surface area contributed by atoms with E-state index in [9.17, 15) is 14.3 Å². The summed E-state index contributed by atoms with van der Waals surface area (Å²) in [5.74, 6) is -0.477. The first-order valence-corrected chi connectivity index (χ1v) is 5.63. The maximum Gasteiger partial charge on any atom is 0.253 e. The first-order chi connectivity index (χ1) is 7.91. The second-order valence-electron chi connectivity index (χ2n) is 4.55. The Balaban J connectivity index is 2.71. The first kappa shape index (κ1) is 13.6. The van der Waals surface area contributed by atoms with Crippen molar-refractivity contribution in [3.8, 4) is 0 Å². The van der Waals surface area contributed by atoms with E-state index in [2.05, 4.69) is 5.32 Å². The Morgan fingerprint density at radius 2 is 2.12 bits per heavy atom. The number of hydrogen-bond acceptors (Lipinski definition) is 2. The molecule has 2 N–H and O–H groups in total. The van der Waals surface area contributed by atoms with Gasteiger partial charge >= 0.3 is 0 Å². The van der Waals surface area contributed by atoms with E-state index in [4.69, 9.17) is 0 Å². The van der Waals surface area contributed by atoms with Crippen LogP contribution in [-0.4, -0.2) is 17.6 Å². The molecule has 1 atom stereocenters. The summed E-state index contributed by atoms with van der Waals surface area (Å²) in [4.78, 5) is 11.6. The number of hydrogen-bond donors (Lipinski definition) is 2. The highest BCUT2D eigenvalue weighted by Gasteiger charge is 2.17. The van der Waals surface area contributed by atoms with Crippen molar-refractivity contribution in [3.05, 3.63) is 35.1 Å². The van der Waals surface area contributed by atoms with Crippen LogP contribution in [0.4, 0.5) is 4.39 Å². The predicted octanol–water partition coefficient (Wildman–Crippen LogP) is 1.94. The predicted molar refractivity (Wildman–Crippen MR) is 63.9 cm³/mol. The third kappa shape index (κ3) is 3.82.